The van der Waals surface area contributed by atoms with Gasteiger partial charge in [0, 0.05) is 12.1 Å². The molecule has 0 bridgehead atoms. The molecule has 1 aromatic rings. The normalized spacial score (nSPS) is 19.4. The summed E-state index contributed by atoms with van der Waals surface area (Å²) in [7, 11) is 0. The molecule has 1 aromatic carbocycles. The molecule has 2 heterocycles. The van der Waals surface area contributed by atoms with Gasteiger partial charge in [0.15, 0.2) is 0 Å². The van der Waals surface area contributed by atoms with E-state index in [1.165, 1.54) is 11.1 Å². The highest BCUT2D eigenvalue weighted by Gasteiger charge is 2.44. The van der Waals surface area contributed by atoms with Crippen LogP contribution in [-0.2, 0) is 9.47 Å². The topological polar surface area (TPSA) is 59.6 Å². The third kappa shape index (κ3) is 3.09. The second kappa shape index (κ2) is 6.79. The largest absolute Gasteiger partial charge is 0.518 e. The number of carbonyl (C=O) groups is 1. The monoisotopic (exact) mass is 328 g/mol. The van der Waals surface area contributed by atoms with E-state index in [0.29, 0.717) is 12.3 Å². The fourth-order valence-electron chi connectivity index (χ4n) is 3.58. The van der Waals surface area contributed by atoms with Gasteiger partial charge in [-0.2, -0.15) is 0 Å². The highest BCUT2D eigenvalue weighted by atomic mass is 16.7. The minimum Gasteiger partial charge on any atom is -0.403 e. The molecule has 0 amide bonds. The Bertz CT molecular complexity index is 688. The Morgan fingerprint density at radius 2 is 2.04 bits per heavy atom. The number of aryl methyl sites for hydroxylation is 2. The third-order valence-corrected chi connectivity index (χ3v) is 4.85. The number of carbonyl (C=O) groups excluding carboxylic acids is 1. The SMILES string of the molecule is C=COC(=O)OC1=C(c2cc(C)ccc2C)CNC12CCNCC2. The van der Waals surface area contributed by atoms with Crippen LogP contribution < -0.4 is 10.6 Å². The lowest BCUT2D eigenvalue weighted by atomic mass is 9.86. The molecule has 0 aromatic heterocycles. The van der Waals surface area contributed by atoms with Crippen LogP contribution in [0, 0.1) is 13.8 Å². The summed E-state index contributed by atoms with van der Waals surface area (Å²) < 4.78 is 10.5. The quantitative estimate of drug-likeness (QED) is 0.660. The van der Waals surface area contributed by atoms with Crippen LogP contribution in [0.2, 0.25) is 0 Å². The van der Waals surface area contributed by atoms with Crippen molar-refractivity contribution >= 4 is 11.7 Å². The van der Waals surface area contributed by atoms with Crippen molar-refractivity contribution in [2.75, 3.05) is 19.6 Å². The molecule has 0 unspecified atom stereocenters. The first kappa shape index (κ1) is 16.7. The van der Waals surface area contributed by atoms with Crippen LogP contribution in [0.1, 0.15) is 29.5 Å². The average molecular weight is 328 g/mol. The average Bonchev–Trinajstić information content (AvgIpc) is 2.89. The van der Waals surface area contributed by atoms with E-state index in [1.807, 2.05) is 0 Å². The molecule has 0 saturated carbocycles. The van der Waals surface area contributed by atoms with E-state index >= 15 is 0 Å². The molecule has 128 valence electrons. The van der Waals surface area contributed by atoms with Crippen LogP contribution in [0.3, 0.4) is 0 Å². The van der Waals surface area contributed by atoms with Gasteiger partial charge in [-0.3, -0.25) is 0 Å². The number of rotatable bonds is 3. The first-order valence-corrected chi connectivity index (χ1v) is 8.32. The van der Waals surface area contributed by atoms with E-state index in [2.05, 4.69) is 49.3 Å². The molecule has 24 heavy (non-hydrogen) atoms. The Morgan fingerprint density at radius 1 is 1.29 bits per heavy atom. The molecular weight excluding hydrogens is 304 g/mol. The van der Waals surface area contributed by atoms with Crippen LogP contribution in [0.25, 0.3) is 5.57 Å². The van der Waals surface area contributed by atoms with E-state index in [4.69, 9.17) is 9.47 Å². The predicted octanol–water partition coefficient (Wildman–Crippen LogP) is 3.04. The van der Waals surface area contributed by atoms with Crippen LogP contribution in [0.4, 0.5) is 4.79 Å². The highest BCUT2D eigenvalue weighted by molar-refractivity contribution is 5.78. The first-order chi connectivity index (χ1) is 11.6. The van der Waals surface area contributed by atoms with E-state index in [-0.39, 0.29) is 5.54 Å². The summed E-state index contributed by atoms with van der Waals surface area (Å²) in [4.78, 5) is 12.0. The fourth-order valence-corrected chi connectivity index (χ4v) is 3.58. The summed E-state index contributed by atoms with van der Waals surface area (Å²) in [5.74, 6) is 0.699. The number of hydrogen-bond acceptors (Lipinski definition) is 5. The fraction of sp³-hybridized carbons (Fsp3) is 0.421. The van der Waals surface area contributed by atoms with Gasteiger partial charge in [0.2, 0.25) is 0 Å². The summed E-state index contributed by atoms with van der Waals surface area (Å²) in [6.45, 7) is 10.0. The highest BCUT2D eigenvalue weighted by Crippen LogP contribution is 2.40. The predicted molar refractivity (Wildman–Crippen MR) is 93.4 cm³/mol. The molecule has 1 spiro atoms. The van der Waals surface area contributed by atoms with Gasteiger partial charge in [-0.25, -0.2) is 4.79 Å². The van der Waals surface area contributed by atoms with E-state index in [0.717, 1.165) is 43.3 Å². The summed E-state index contributed by atoms with van der Waals surface area (Å²) in [6.07, 6.45) is 2.11. The lowest BCUT2D eigenvalue weighted by Crippen LogP contribution is -2.51. The van der Waals surface area contributed by atoms with Crippen molar-refractivity contribution in [3.8, 4) is 0 Å². The number of nitrogens with one attached hydrogen (secondary N) is 2. The maximum absolute atomic E-state index is 12.0. The molecule has 5 nitrogen and oxygen atoms in total. The minimum atomic E-state index is -0.732. The number of piperidine rings is 1. The summed E-state index contributed by atoms with van der Waals surface area (Å²) in [6, 6.07) is 6.34. The number of benzene rings is 1. The van der Waals surface area contributed by atoms with Crippen molar-refractivity contribution < 1.29 is 14.3 Å². The molecule has 0 radical (unpaired) electrons. The van der Waals surface area contributed by atoms with Gasteiger partial charge < -0.3 is 20.1 Å². The smallest absolute Gasteiger partial charge is 0.403 e. The van der Waals surface area contributed by atoms with E-state index in [1.54, 1.807) is 0 Å². The van der Waals surface area contributed by atoms with Crippen molar-refractivity contribution in [1.82, 2.24) is 10.6 Å². The van der Waals surface area contributed by atoms with Crippen molar-refractivity contribution in [3.63, 3.8) is 0 Å². The van der Waals surface area contributed by atoms with Gasteiger partial charge in [0.05, 0.1) is 11.8 Å². The zero-order valence-corrected chi connectivity index (χ0v) is 14.3. The molecule has 1 fully saturated rings. The molecule has 0 aliphatic carbocycles. The van der Waals surface area contributed by atoms with Gasteiger partial charge in [0.25, 0.3) is 0 Å². The van der Waals surface area contributed by atoms with Crippen LogP contribution >= 0.6 is 0 Å². The molecule has 0 atom stereocenters. The third-order valence-electron chi connectivity index (χ3n) is 4.85. The number of hydrogen-bond donors (Lipinski definition) is 2. The van der Waals surface area contributed by atoms with Crippen molar-refractivity contribution in [3.05, 3.63) is 53.5 Å². The summed E-state index contributed by atoms with van der Waals surface area (Å²) in [5, 5.41) is 6.95. The van der Waals surface area contributed by atoms with Gasteiger partial charge in [0.1, 0.15) is 5.76 Å². The first-order valence-electron chi connectivity index (χ1n) is 8.32. The van der Waals surface area contributed by atoms with Crippen molar-refractivity contribution in [1.29, 1.82) is 0 Å². The van der Waals surface area contributed by atoms with Gasteiger partial charge in [-0.1, -0.05) is 30.3 Å². The molecule has 2 aliphatic heterocycles. The molecule has 5 heteroatoms. The van der Waals surface area contributed by atoms with E-state index in [9.17, 15) is 4.79 Å². The lowest BCUT2D eigenvalue weighted by Gasteiger charge is -2.35. The Hall–Kier alpha value is -2.11. The second-order valence-electron chi connectivity index (χ2n) is 6.45. The molecule has 2 aliphatic rings. The molecule has 2 N–H and O–H groups in total. The van der Waals surface area contributed by atoms with Crippen molar-refractivity contribution in [2.24, 2.45) is 0 Å². The minimum absolute atomic E-state index is 0.309. The zero-order valence-electron chi connectivity index (χ0n) is 14.3. The summed E-state index contributed by atoms with van der Waals surface area (Å²) in [5.41, 5.74) is 4.21. The van der Waals surface area contributed by atoms with Crippen LogP contribution in [0.5, 0.6) is 0 Å². The van der Waals surface area contributed by atoms with Crippen LogP contribution in [-0.4, -0.2) is 31.3 Å². The van der Waals surface area contributed by atoms with E-state index < -0.39 is 6.16 Å². The maximum Gasteiger partial charge on any atom is 0.518 e. The van der Waals surface area contributed by atoms with Crippen LogP contribution in [0.15, 0.2) is 36.8 Å². The Labute approximate surface area is 142 Å². The van der Waals surface area contributed by atoms with Crippen molar-refractivity contribution in [2.45, 2.75) is 32.2 Å². The number of ether oxygens (including phenoxy) is 2. The molecular formula is C19H24N2O3. The Kier molecular flexibility index (Phi) is 4.73. The standard InChI is InChI=1S/C19H24N2O3/c1-4-23-18(22)24-17-16(15-11-13(2)5-6-14(15)3)12-21-19(17)7-9-20-10-8-19/h4-6,11,20-21H,1,7-10,12H2,2-3H3. The van der Waals surface area contributed by atoms with Gasteiger partial charge in [-0.05, 0) is 50.9 Å². The summed E-state index contributed by atoms with van der Waals surface area (Å²) >= 11 is 0. The lowest BCUT2D eigenvalue weighted by molar-refractivity contribution is 0.0925. The second-order valence-corrected chi connectivity index (χ2v) is 6.45. The van der Waals surface area contributed by atoms with Gasteiger partial charge in [-0.15, -0.1) is 0 Å². The van der Waals surface area contributed by atoms with Gasteiger partial charge >= 0.3 is 6.16 Å². The maximum atomic E-state index is 12.0. The Morgan fingerprint density at radius 3 is 2.75 bits per heavy atom. The molecule has 3 rings (SSSR count). The Balaban J connectivity index is 2.06. The zero-order chi connectivity index (χ0) is 17.2. The molecule has 1 saturated heterocycles.